The molecule has 0 aromatic carbocycles. The molecule has 0 unspecified atom stereocenters. The number of rotatable bonds is 2. The van der Waals surface area contributed by atoms with E-state index in [1.807, 2.05) is 28.7 Å². The van der Waals surface area contributed by atoms with Crippen LogP contribution in [0.3, 0.4) is 0 Å². The van der Waals surface area contributed by atoms with Gasteiger partial charge >= 0.3 is 0 Å². The van der Waals surface area contributed by atoms with Gasteiger partial charge in [-0.25, -0.2) is 0 Å². The molecule has 2 aromatic heterocycles. The highest BCUT2D eigenvalue weighted by atomic mass is 127. The zero-order valence-electron chi connectivity index (χ0n) is 8.23. The van der Waals surface area contributed by atoms with Gasteiger partial charge in [0, 0.05) is 19.3 Å². The molecule has 2 heterocycles. The fourth-order valence-corrected chi connectivity index (χ4v) is 1.97. The Morgan fingerprint density at radius 3 is 2.94 bits per heavy atom. The molecule has 0 radical (unpaired) electrons. The SMILES string of the molecule is Cn1cc(C(=O)c2cc(C#N)[nH]n2)c(I)n1. The van der Waals surface area contributed by atoms with Crippen LogP contribution >= 0.6 is 22.6 Å². The predicted octanol–water partition coefficient (Wildman–Crippen LogP) is 0.850. The van der Waals surface area contributed by atoms with E-state index >= 15 is 0 Å². The first-order valence-corrected chi connectivity index (χ1v) is 5.39. The number of nitrogens with zero attached hydrogens (tertiary/aromatic N) is 4. The number of aromatic nitrogens is 4. The van der Waals surface area contributed by atoms with Crippen LogP contribution < -0.4 is 0 Å². The molecule has 0 saturated heterocycles. The lowest BCUT2D eigenvalue weighted by Gasteiger charge is -1.91. The number of nitriles is 1. The highest BCUT2D eigenvalue weighted by Crippen LogP contribution is 2.14. The average molecular weight is 327 g/mol. The van der Waals surface area contributed by atoms with Crippen molar-refractivity contribution < 1.29 is 4.79 Å². The lowest BCUT2D eigenvalue weighted by atomic mass is 10.2. The van der Waals surface area contributed by atoms with E-state index < -0.39 is 0 Å². The largest absolute Gasteiger partial charge is 0.287 e. The number of aromatic amines is 1. The van der Waals surface area contributed by atoms with Gasteiger partial charge in [0.05, 0.1) is 5.56 Å². The van der Waals surface area contributed by atoms with Crippen LogP contribution in [-0.2, 0) is 7.05 Å². The minimum atomic E-state index is -0.241. The topological polar surface area (TPSA) is 87.4 Å². The summed E-state index contributed by atoms with van der Waals surface area (Å²) in [5.41, 5.74) is 0.976. The molecule has 7 heteroatoms. The molecule has 6 nitrogen and oxygen atoms in total. The Morgan fingerprint density at radius 2 is 2.44 bits per heavy atom. The Hall–Kier alpha value is -1.69. The van der Waals surface area contributed by atoms with E-state index in [-0.39, 0.29) is 17.2 Å². The quantitative estimate of drug-likeness (QED) is 0.654. The van der Waals surface area contributed by atoms with Crippen molar-refractivity contribution in [2.24, 2.45) is 7.05 Å². The number of aryl methyl sites for hydroxylation is 1. The summed E-state index contributed by atoms with van der Waals surface area (Å²) in [6.45, 7) is 0. The molecule has 2 rings (SSSR count). The molecule has 2 aromatic rings. The number of hydrogen-bond donors (Lipinski definition) is 1. The number of nitrogens with one attached hydrogen (secondary N) is 1. The van der Waals surface area contributed by atoms with E-state index in [1.54, 1.807) is 17.9 Å². The van der Waals surface area contributed by atoms with Gasteiger partial charge in [-0.1, -0.05) is 0 Å². The third-order valence-corrected chi connectivity index (χ3v) is 2.76. The molecule has 0 aliphatic rings. The maximum Gasteiger partial charge on any atom is 0.217 e. The number of H-pyrrole nitrogens is 1. The van der Waals surface area contributed by atoms with Gasteiger partial charge < -0.3 is 0 Å². The van der Waals surface area contributed by atoms with E-state index in [1.165, 1.54) is 6.07 Å². The van der Waals surface area contributed by atoms with Crippen molar-refractivity contribution in [2.45, 2.75) is 0 Å². The van der Waals surface area contributed by atoms with Crippen molar-refractivity contribution in [1.82, 2.24) is 20.0 Å². The van der Waals surface area contributed by atoms with Crippen LogP contribution in [0, 0.1) is 15.0 Å². The fourth-order valence-electron chi connectivity index (χ4n) is 1.25. The molecule has 0 atom stereocenters. The van der Waals surface area contributed by atoms with Crippen molar-refractivity contribution in [3.8, 4) is 6.07 Å². The summed E-state index contributed by atoms with van der Waals surface area (Å²) in [6.07, 6.45) is 1.63. The molecule has 16 heavy (non-hydrogen) atoms. The monoisotopic (exact) mass is 327 g/mol. The first-order valence-electron chi connectivity index (χ1n) is 4.31. The van der Waals surface area contributed by atoms with Crippen molar-refractivity contribution in [3.63, 3.8) is 0 Å². The highest BCUT2D eigenvalue weighted by molar-refractivity contribution is 14.1. The predicted molar refractivity (Wildman–Crippen MR) is 62.7 cm³/mol. The number of ketones is 1. The van der Waals surface area contributed by atoms with Crippen LogP contribution in [0.1, 0.15) is 21.7 Å². The summed E-state index contributed by atoms with van der Waals surface area (Å²) >= 11 is 1.98. The van der Waals surface area contributed by atoms with Gasteiger partial charge in [0.1, 0.15) is 21.2 Å². The second-order valence-corrected chi connectivity index (χ2v) is 4.14. The van der Waals surface area contributed by atoms with Gasteiger partial charge in [0.2, 0.25) is 5.78 Å². The van der Waals surface area contributed by atoms with Crippen LogP contribution in [0.15, 0.2) is 12.3 Å². The van der Waals surface area contributed by atoms with Gasteiger partial charge in [0.15, 0.2) is 0 Å². The number of hydrogen-bond acceptors (Lipinski definition) is 4. The Labute approximate surface area is 104 Å². The fraction of sp³-hybridized carbons (Fsp3) is 0.111. The summed E-state index contributed by atoms with van der Waals surface area (Å²) < 4.78 is 2.18. The van der Waals surface area contributed by atoms with Crippen molar-refractivity contribution in [1.29, 1.82) is 5.26 Å². The van der Waals surface area contributed by atoms with Crippen molar-refractivity contribution >= 4 is 28.4 Å². The minimum Gasteiger partial charge on any atom is -0.287 e. The van der Waals surface area contributed by atoms with Crippen LogP contribution in [0.25, 0.3) is 0 Å². The molecular formula is C9H6IN5O. The first kappa shape index (κ1) is 10.8. The summed E-state index contributed by atoms with van der Waals surface area (Å²) in [4.78, 5) is 12.0. The summed E-state index contributed by atoms with van der Waals surface area (Å²) in [5, 5.41) is 18.9. The second kappa shape index (κ2) is 4.05. The van der Waals surface area contributed by atoms with E-state index in [2.05, 4.69) is 15.3 Å². The molecule has 0 bridgehead atoms. The van der Waals surface area contributed by atoms with Gasteiger partial charge in [-0.3, -0.25) is 14.6 Å². The van der Waals surface area contributed by atoms with E-state index in [4.69, 9.17) is 5.26 Å². The highest BCUT2D eigenvalue weighted by Gasteiger charge is 2.18. The van der Waals surface area contributed by atoms with Crippen molar-refractivity contribution in [3.05, 3.63) is 32.9 Å². The average Bonchev–Trinajstić information content (AvgIpc) is 2.84. The Morgan fingerprint density at radius 1 is 1.69 bits per heavy atom. The Bertz CT molecular complexity index is 591. The summed E-state index contributed by atoms with van der Waals surface area (Å²) in [6, 6.07) is 3.30. The number of carbonyl (C=O) groups is 1. The minimum absolute atomic E-state index is 0.225. The lowest BCUT2D eigenvalue weighted by molar-refractivity contribution is 0.103. The molecule has 0 fully saturated rings. The van der Waals surface area contributed by atoms with E-state index in [0.29, 0.717) is 9.26 Å². The summed E-state index contributed by atoms with van der Waals surface area (Å²) in [5.74, 6) is -0.241. The first-order chi connectivity index (χ1) is 7.61. The maximum atomic E-state index is 12.0. The van der Waals surface area contributed by atoms with Crippen LogP contribution in [0.2, 0.25) is 0 Å². The van der Waals surface area contributed by atoms with E-state index in [0.717, 1.165) is 0 Å². The summed E-state index contributed by atoms with van der Waals surface area (Å²) in [7, 11) is 1.74. The Balaban J connectivity index is 2.39. The molecule has 0 aliphatic heterocycles. The zero-order chi connectivity index (χ0) is 11.7. The third-order valence-electron chi connectivity index (χ3n) is 1.96. The maximum absolute atomic E-state index is 12.0. The Kier molecular flexibility index (Phi) is 2.74. The second-order valence-electron chi connectivity index (χ2n) is 3.12. The van der Waals surface area contributed by atoms with Gasteiger partial charge in [-0.15, -0.1) is 0 Å². The molecular weight excluding hydrogens is 321 g/mol. The third kappa shape index (κ3) is 1.83. The molecule has 1 N–H and O–H groups in total. The molecule has 80 valence electrons. The smallest absolute Gasteiger partial charge is 0.217 e. The van der Waals surface area contributed by atoms with Gasteiger partial charge in [-0.2, -0.15) is 15.5 Å². The lowest BCUT2D eigenvalue weighted by Crippen LogP contribution is -2.02. The number of halogens is 1. The molecule has 0 spiro atoms. The van der Waals surface area contributed by atoms with Crippen LogP contribution in [-0.4, -0.2) is 25.8 Å². The van der Waals surface area contributed by atoms with Gasteiger partial charge in [-0.05, 0) is 22.6 Å². The van der Waals surface area contributed by atoms with Crippen LogP contribution in [0.4, 0.5) is 0 Å². The van der Waals surface area contributed by atoms with E-state index in [9.17, 15) is 4.79 Å². The molecule has 0 saturated carbocycles. The standard InChI is InChI=1S/C9H6IN5O/c1-15-4-6(9(10)14-15)8(16)7-2-5(3-11)12-13-7/h2,4H,1H3,(H,12,13). The molecule has 0 aliphatic carbocycles. The van der Waals surface area contributed by atoms with Crippen molar-refractivity contribution in [2.75, 3.05) is 0 Å². The zero-order valence-corrected chi connectivity index (χ0v) is 10.4. The van der Waals surface area contributed by atoms with Crippen LogP contribution in [0.5, 0.6) is 0 Å². The molecule has 0 amide bonds. The number of carbonyl (C=O) groups excluding carboxylic acids is 1. The normalized spacial score (nSPS) is 10.1. The van der Waals surface area contributed by atoms with Gasteiger partial charge in [0.25, 0.3) is 0 Å².